The van der Waals surface area contributed by atoms with E-state index in [0.717, 1.165) is 95.4 Å². The average molecular weight is 963 g/mol. The van der Waals surface area contributed by atoms with E-state index >= 15 is 0 Å². The number of hydrogen-bond donors (Lipinski definition) is 0. The third-order valence-corrected chi connectivity index (χ3v) is 14.3. The standard InChI is InChI=1S/C40H36N2.C28H50O2/c1-29-15-21-39(27-31(29)3)41(35-11-7-5-8-12-35)37-23-17-33(18-24-37)34-19-25-38(26-20-34)42(36-13-9-6-10-14-36)40-22-16-30(2)32(4)28-40;1-21(2)11-9-13-23(5)15-17-29-27-19-26(8)28(20-25(27)7)30-18-16-24(6)14-10-12-22(3)4/h5-28H,1-4H3;19-24H,9-18H2,1-8H3. The molecule has 2 unspecified atom stereocenters. The molecule has 0 aromatic heterocycles. The maximum Gasteiger partial charge on any atom is 0.122 e. The van der Waals surface area contributed by atoms with E-state index < -0.39 is 0 Å². The number of aryl methyl sites for hydroxylation is 6. The van der Waals surface area contributed by atoms with Crippen LogP contribution in [0.2, 0.25) is 0 Å². The van der Waals surface area contributed by atoms with Gasteiger partial charge in [0.25, 0.3) is 0 Å². The Bertz CT molecular complexity index is 2500. The molecule has 0 aliphatic heterocycles. The molecule has 0 aliphatic carbocycles. The molecule has 0 heterocycles. The monoisotopic (exact) mass is 963 g/mol. The number of rotatable bonds is 23. The zero-order chi connectivity index (χ0) is 51.6. The van der Waals surface area contributed by atoms with Gasteiger partial charge in [-0.15, -0.1) is 0 Å². The lowest BCUT2D eigenvalue weighted by atomic mass is 9.97. The molecule has 0 bridgehead atoms. The SMILES string of the molecule is Cc1cc(OCCC(C)CCCC(C)C)c(C)cc1OCCC(C)CCCC(C)C.Cc1ccc(N(c2ccccc2)c2ccc(-c3ccc(N(c4ccccc4)c4ccc(C)c(C)c4)cc3)cc2)cc1C. The normalized spacial score (nSPS) is 12.0. The van der Waals surface area contributed by atoms with Gasteiger partial charge in [0.15, 0.2) is 0 Å². The van der Waals surface area contributed by atoms with Crippen LogP contribution in [0.3, 0.4) is 0 Å². The lowest BCUT2D eigenvalue weighted by molar-refractivity contribution is 0.267. The minimum absolute atomic E-state index is 0.732. The molecule has 2 atom stereocenters. The number of hydrogen-bond acceptors (Lipinski definition) is 4. The number of ether oxygens (including phenoxy) is 2. The van der Waals surface area contributed by atoms with Gasteiger partial charge in [-0.3, -0.25) is 0 Å². The van der Waals surface area contributed by atoms with Crippen molar-refractivity contribution < 1.29 is 9.47 Å². The smallest absolute Gasteiger partial charge is 0.122 e. The van der Waals surface area contributed by atoms with Crippen molar-refractivity contribution >= 4 is 34.1 Å². The number of anilines is 6. The van der Waals surface area contributed by atoms with Crippen LogP contribution in [0.1, 0.15) is 126 Å². The molecule has 0 radical (unpaired) electrons. The molecular formula is C68H86N2O2. The van der Waals surface area contributed by atoms with Gasteiger partial charge in [-0.1, -0.05) is 153 Å². The van der Waals surface area contributed by atoms with E-state index in [1.165, 1.54) is 83.0 Å². The fraction of sp³-hybridized carbons (Fsp3) is 0.382. The number of para-hydroxylation sites is 2. The quantitative estimate of drug-likeness (QED) is 0.0638. The van der Waals surface area contributed by atoms with Gasteiger partial charge in [0.1, 0.15) is 11.5 Å². The Hall–Kier alpha value is -6.26. The molecule has 0 fully saturated rings. The summed E-state index contributed by atoms with van der Waals surface area (Å²) in [4.78, 5) is 4.64. The summed E-state index contributed by atoms with van der Waals surface area (Å²) < 4.78 is 12.2. The van der Waals surface area contributed by atoms with Gasteiger partial charge in [0, 0.05) is 34.1 Å². The Morgan fingerprint density at radius 2 is 0.653 bits per heavy atom. The van der Waals surface area contributed by atoms with E-state index in [1.54, 1.807) is 0 Å². The van der Waals surface area contributed by atoms with Gasteiger partial charge in [0.2, 0.25) is 0 Å². The van der Waals surface area contributed by atoms with Crippen molar-refractivity contribution in [1.29, 1.82) is 0 Å². The van der Waals surface area contributed by atoms with Crippen LogP contribution in [0.4, 0.5) is 34.1 Å². The molecule has 7 aromatic rings. The maximum absolute atomic E-state index is 6.12. The van der Waals surface area contributed by atoms with Crippen LogP contribution >= 0.6 is 0 Å². The number of nitrogens with zero attached hydrogens (tertiary/aromatic N) is 2. The van der Waals surface area contributed by atoms with Gasteiger partial charge in [-0.2, -0.15) is 0 Å². The average Bonchev–Trinajstić information content (AvgIpc) is 3.36. The molecule has 0 saturated carbocycles. The molecular weight excluding hydrogens is 877 g/mol. The number of benzene rings is 7. The first-order chi connectivity index (χ1) is 34.7. The summed E-state index contributed by atoms with van der Waals surface area (Å²) in [6.07, 6.45) is 10.2. The predicted molar refractivity (Wildman–Crippen MR) is 312 cm³/mol. The molecule has 0 aliphatic rings. The summed E-state index contributed by atoms with van der Waals surface area (Å²) in [7, 11) is 0. The van der Waals surface area contributed by atoms with Crippen molar-refractivity contribution in [3.63, 3.8) is 0 Å². The van der Waals surface area contributed by atoms with Gasteiger partial charge in [-0.05, 0) is 207 Å². The van der Waals surface area contributed by atoms with Crippen molar-refractivity contribution in [3.8, 4) is 22.6 Å². The zero-order valence-corrected chi connectivity index (χ0v) is 46.1. The first-order valence-corrected chi connectivity index (χ1v) is 27.1. The Kier molecular flexibility index (Phi) is 21.1. The maximum atomic E-state index is 6.12. The molecule has 7 rings (SSSR count). The third kappa shape index (κ3) is 16.4. The van der Waals surface area contributed by atoms with E-state index in [2.05, 4.69) is 251 Å². The fourth-order valence-electron chi connectivity index (χ4n) is 9.24. The lowest BCUT2D eigenvalue weighted by Gasteiger charge is -2.27. The predicted octanol–water partition coefficient (Wildman–Crippen LogP) is 20.3. The first-order valence-electron chi connectivity index (χ1n) is 27.1. The summed E-state index contributed by atoms with van der Waals surface area (Å²) in [5.74, 6) is 5.11. The van der Waals surface area contributed by atoms with E-state index in [0.29, 0.717) is 0 Å². The minimum Gasteiger partial charge on any atom is -0.493 e. The third-order valence-electron chi connectivity index (χ3n) is 14.3. The zero-order valence-electron chi connectivity index (χ0n) is 46.1. The Labute approximate surface area is 436 Å². The van der Waals surface area contributed by atoms with Crippen molar-refractivity contribution in [1.82, 2.24) is 0 Å². The van der Waals surface area contributed by atoms with Crippen LogP contribution in [-0.4, -0.2) is 13.2 Å². The molecule has 0 spiro atoms. The summed E-state index contributed by atoms with van der Waals surface area (Å²) in [5.41, 5.74) is 16.8. The molecule has 0 amide bonds. The molecule has 0 saturated heterocycles. The van der Waals surface area contributed by atoms with Crippen LogP contribution in [0, 0.1) is 65.2 Å². The summed E-state index contributed by atoms with van der Waals surface area (Å²) in [6, 6.07) is 56.6. The van der Waals surface area contributed by atoms with Crippen molar-refractivity contribution in [2.45, 2.75) is 134 Å². The largest absolute Gasteiger partial charge is 0.493 e. The Morgan fingerprint density at radius 1 is 0.319 bits per heavy atom. The lowest BCUT2D eigenvalue weighted by Crippen LogP contribution is -2.10. The molecule has 380 valence electrons. The molecule has 0 N–H and O–H groups in total. The van der Waals surface area contributed by atoms with Crippen LogP contribution in [0.15, 0.2) is 158 Å². The Balaban J connectivity index is 0.000000251. The van der Waals surface area contributed by atoms with Crippen molar-refractivity contribution in [2.75, 3.05) is 23.0 Å². The van der Waals surface area contributed by atoms with E-state index in [-0.39, 0.29) is 0 Å². The van der Waals surface area contributed by atoms with Crippen LogP contribution in [0.25, 0.3) is 11.1 Å². The van der Waals surface area contributed by atoms with Crippen molar-refractivity contribution in [2.24, 2.45) is 23.7 Å². The van der Waals surface area contributed by atoms with Gasteiger partial charge in [-0.25, -0.2) is 0 Å². The van der Waals surface area contributed by atoms with E-state index in [1.807, 2.05) is 0 Å². The minimum atomic E-state index is 0.732. The summed E-state index contributed by atoms with van der Waals surface area (Å²) >= 11 is 0. The second-order valence-electron chi connectivity index (χ2n) is 21.5. The van der Waals surface area contributed by atoms with Gasteiger partial charge < -0.3 is 19.3 Å². The topological polar surface area (TPSA) is 24.9 Å². The summed E-state index contributed by atoms with van der Waals surface area (Å²) in [6.45, 7) is 28.5. The molecule has 4 nitrogen and oxygen atoms in total. The first kappa shape index (κ1) is 55.1. The molecule has 72 heavy (non-hydrogen) atoms. The second kappa shape index (κ2) is 27.5. The fourth-order valence-corrected chi connectivity index (χ4v) is 9.24. The van der Waals surface area contributed by atoms with Crippen LogP contribution in [0.5, 0.6) is 11.5 Å². The Morgan fingerprint density at radius 3 is 0.986 bits per heavy atom. The summed E-state index contributed by atoms with van der Waals surface area (Å²) in [5, 5.41) is 0. The van der Waals surface area contributed by atoms with E-state index in [4.69, 9.17) is 9.47 Å². The highest BCUT2D eigenvalue weighted by molar-refractivity contribution is 5.81. The second-order valence-corrected chi connectivity index (χ2v) is 21.5. The molecule has 7 aromatic carbocycles. The van der Waals surface area contributed by atoms with Crippen molar-refractivity contribution in [3.05, 3.63) is 191 Å². The van der Waals surface area contributed by atoms with Crippen LogP contribution in [-0.2, 0) is 0 Å². The van der Waals surface area contributed by atoms with E-state index in [9.17, 15) is 0 Å². The highest BCUT2D eigenvalue weighted by atomic mass is 16.5. The van der Waals surface area contributed by atoms with Gasteiger partial charge >= 0.3 is 0 Å². The molecule has 4 heteroatoms. The van der Waals surface area contributed by atoms with Gasteiger partial charge in [0.05, 0.1) is 13.2 Å². The highest BCUT2D eigenvalue weighted by Gasteiger charge is 2.16. The van der Waals surface area contributed by atoms with Crippen LogP contribution < -0.4 is 19.3 Å². The highest BCUT2D eigenvalue weighted by Crippen LogP contribution is 2.39.